The van der Waals surface area contributed by atoms with Crippen molar-refractivity contribution in [1.29, 1.82) is 0 Å². The summed E-state index contributed by atoms with van der Waals surface area (Å²) in [7, 11) is 6.89. The van der Waals surface area contributed by atoms with E-state index in [2.05, 4.69) is 0 Å². The highest BCUT2D eigenvalue weighted by molar-refractivity contribution is 5.83. The Morgan fingerprint density at radius 1 is 0.731 bits per heavy atom. The zero-order chi connectivity index (χ0) is 20.9. The van der Waals surface area contributed by atoms with Crippen molar-refractivity contribution in [2.75, 3.05) is 28.2 Å². The molecule has 152 valence electrons. The number of carboxylic acids is 1. The van der Waals surface area contributed by atoms with Gasteiger partial charge in [0.15, 0.2) is 0 Å². The molecule has 6 heteroatoms. The molecule has 2 atom stereocenters. The van der Waals surface area contributed by atoms with Crippen molar-refractivity contribution in [2.45, 2.75) is 66.7 Å². The van der Waals surface area contributed by atoms with Crippen LogP contribution in [0.25, 0.3) is 0 Å². The van der Waals surface area contributed by atoms with Crippen molar-refractivity contribution in [3.8, 4) is 0 Å². The van der Waals surface area contributed by atoms with E-state index in [-0.39, 0.29) is 11.8 Å². The Labute approximate surface area is 158 Å². The highest BCUT2D eigenvalue weighted by atomic mass is 16.4. The van der Waals surface area contributed by atoms with Crippen LogP contribution >= 0.6 is 0 Å². The van der Waals surface area contributed by atoms with Gasteiger partial charge in [-0.3, -0.25) is 14.4 Å². The molecule has 0 aromatic rings. The van der Waals surface area contributed by atoms with Gasteiger partial charge in [-0.2, -0.15) is 0 Å². The second-order valence-electron chi connectivity index (χ2n) is 9.06. The number of carboxylic acid groups (broad SMARTS) is 1. The molecule has 0 aliphatic heterocycles. The summed E-state index contributed by atoms with van der Waals surface area (Å²) < 4.78 is 0. The second-order valence-corrected chi connectivity index (χ2v) is 9.06. The van der Waals surface area contributed by atoms with Crippen molar-refractivity contribution in [3.63, 3.8) is 0 Å². The standard InChI is InChI=1S/C20H38N2O4/c1-10-19(4,17(25)26)13-14-20(5,16(24)22(8)9)12-11-18(2,3)15(23)21(6)7/h10-14H2,1-9H3,(H,25,26). The summed E-state index contributed by atoms with van der Waals surface area (Å²) in [6.07, 6.45) is 2.52. The average Bonchev–Trinajstić information content (AvgIpc) is 2.55. The Kier molecular flexibility index (Phi) is 8.33. The lowest BCUT2D eigenvalue weighted by atomic mass is 9.70. The fourth-order valence-corrected chi connectivity index (χ4v) is 3.17. The molecule has 2 amide bonds. The van der Waals surface area contributed by atoms with Gasteiger partial charge >= 0.3 is 5.97 Å². The minimum absolute atomic E-state index is 0.0190. The van der Waals surface area contributed by atoms with Crippen molar-refractivity contribution in [2.24, 2.45) is 16.2 Å². The van der Waals surface area contributed by atoms with Crippen LogP contribution in [0.2, 0.25) is 0 Å². The molecule has 6 nitrogen and oxygen atoms in total. The Bertz CT molecular complexity index is 528. The number of carbonyl (C=O) groups excluding carboxylic acids is 2. The van der Waals surface area contributed by atoms with E-state index in [9.17, 15) is 19.5 Å². The van der Waals surface area contributed by atoms with Crippen LogP contribution in [0.5, 0.6) is 0 Å². The van der Waals surface area contributed by atoms with Crippen molar-refractivity contribution in [3.05, 3.63) is 0 Å². The first kappa shape index (κ1) is 24.4. The van der Waals surface area contributed by atoms with E-state index in [1.165, 1.54) is 0 Å². The van der Waals surface area contributed by atoms with E-state index in [4.69, 9.17) is 0 Å². The zero-order valence-corrected chi connectivity index (χ0v) is 18.1. The van der Waals surface area contributed by atoms with Gasteiger partial charge in [0.25, 0.3) is 0 Å². The van der Waals surface area contributed by atoms with E-state index in [0.717, 1.165) is 0 Å². The number of rotatable bonds is 10. The molecule has 0 radical (unpaired) electrons. The van der Waals surface area contributed by atoms with Gasteiger partial charge in [-0.1, -0.05) is 27.7 Å². The fourth-order valence-electron chi connectivity index (χ4n) is 3.17. The lowest BCUT2D eigenvalue weighted by Crippen LogP contribution is -2.42. The predicted molar refractivity (Wildman–Crippen MR) is 104 cm³/mol. The topological polar surface area (TPSA) is 77.9 Å². The highest BCUT2D eigenvalue weighted by Gasteiger charge is 2.41. The SMILES string of the molecule is CCC(C)(CCC(C)(CCC(C)(C)C(=O)N(C)C)C(=O)N(C)C)C(=O)O. The zero-order valence-electron chi connectivity index (χ0n) is 18.1. The van der Waals surface area contributed by atoms with Crippen molar-refractivity contribution < 1.29 is 19.5 Å². The molecule has 26 heavy (non-hydrogen) atoms. The molecule has 0 aromatic heterocycles. The summed E-state index contributed by atoms with van der Waals surface area (Å²) in [5.74, 6) is -0.821. The van der Waals surface area contributed by atoms with Gasteiger partial charge in [0.05, 0.1) is 5.41 Å². The van der Waals surface area contributed by atoms with Crippen LogP contribution < -0.4 is 0 Å². The minimum Gasteiger partial charge on any atom is -0.481 e. The molecule has 1 N–H and O–H groups in total. The number of amides is 2. The van der Waals surface area contributed by atoms with Crippen LogP contribution in [0, 0.1) is 16.2 Å². The van der Waals surface area contributed by atoms with Gasteiger partial charge in [0, 0.05) is 39.0 Å². The van der Waals surface area contributed by atoms with E-state index >= 15 is 0 Å². The number of carbonyl (C=O) groups is 3. The molecular formula is C20H38N2O4. The monoisotopic (exact) mass is 370 g/mol. The van der Waals surface area contributed by atoms with Crippen molar-refractivity contribution >= 4 is 17.8 Å². The maximum atomic E-state index is 12.8. The molecular weight excluding hydrogens is 332 g/mol. The van der Waals surface area contributed by atoms with E-state index < -0.39 is 22.2 Å². The first-order chi connectivity index (χ1) is 11.6. The third kappa shape index (κ3) is 5.99. The Morgan fingerprint density at radius 2 is 1.12 bits per heavy atom. The largest absolute Gasteiger partial charge is 0.481 e. The summed E-state index contributed by atoms with van der Waals surface area (Å²) in [5, 5.41) is 9.52. The number of hydrogen-bond acceptors (Lipinski definition) is 3. The van der Waals surface area contributed by atoms with Gasteiger partial charge in [-0.05, 0) is 39.0 Å². The van der Waals surface area contributed by atoms with Crippen LogP contribution in [-0.4, -0.2) is 60.9 Å². The molecule has 0 rings (SSSR count). The number of nitrogens with zero attached hydrogens (tertiary/aromatic N) is 2. The molecule has 0 saturated carbocycles. The normalized spacial score (nSPS) is 16.3. The molecule has 0 heterocycles. The van der Waals surface area contributed by atoms with E-state index in [0.29, 0.717) is 32.1 Å². The first-order valence-electron chi connectivity index (χ1n) is 9.30. The maximum Gasteiger partial charge on any atom is 0.309 e. The van der Waals surface area contributed by atoms with Gasteiger partial charge in [0.2, 0.25) is 11.8 Å². The van der Waals surface area contributed by atoms with Gasteiger partial charge < -0.3 is 14.9 Å². The second kappa shape index (κ2) is 8.87. The molecule has 0 spiro atoms. The van der Waals surface area contributed by atoms with E-state index in [1.54, 1.807) is 44.9 Å². The van der Waals surface area contributed by atoms with Crippen LogP contribution in [0.3, 0.4) is 0 Å². The van der Waals surface area contributed by atoms with Crippen LogP contribution in [-0.2, 0) is 14.4 Å². The number of aliphatic carboxylic acids is 1. The lowest BCUT2D eigenvalue weighted by molar-refractivity contribution is -0.150. The number of hydrogen-bond donors (Lipinski definition) is 1. The van der Waals surface area contributed by atoms with Gasteiger partial charge in [-0.25, -0.2) is 0 Å². The average molecular weight is 371 g/mol. The summed E-state index contributed by atoms with van der Waals surface area (Å²) in [6.45, 7) is 9.27. The third-order valence-electron chi connectivity index (χ3n) is 5.73. The predicted octanol–water partition coefficient (Wildman–Crippen LogP) is 3.26. The van der Waals surface area contributed by atoms with Gasteiger partial charge in [0.1, 0.15) is 0 Å². The molecule has 0 saturated heterocycles. The molecule has 0 aliphatic rings. The van der Waals surface area contributed by atoms with Crippen LogP contribution in [0.1, 0.15) is 66.7 Å². The molecule has 2 unspecified atom stereocenters. The summed E-state index contributed by atoms with van der Waals surface area (Å²) >= 11 is 0. The van der Waals surface area contributed by atoms with Crippen molar-refractivity contribution in [1.82, 2.24) is 9.80 Å². The highest BCUT2D eigenvalue weighted by Crippen LogP contribution is 2.40. The molecule has 0 fully saturated rings. The minimum atomic E-state index is -0.844. The summed E-state index contributed by atoms with van der Waals surface area (Å²) in [5.41, 5.74) is -2.11. The molecule has 0 aromatic carbocycles. The maximum absolute atomic E-state index is 12.8. The van der Waals surface area contributed by atoms with Crippen LogP contribution in [0.4, 0.5) is 0 Å². The fraction of sp³-hybridized carbons (Fsp3) is 0.850. The van der Waals surface area contributed by atoms with E-state index in [1.807, 2.05) is 27.7 Å². The Hall–Kier alpha value is -1.59. The molecule has 0 bridgehead atoms. The Morgan fingerprint density at radius 3 is 1.46 bits per heavy atom. The summed E-state index contributed by atoms with van der Waals surface area (Å²) in [4.78, 5) is 40.0. The lowest BCUT2D eigenvalue weighted by Gasteiger charge is -2.37. The van der Waals surface area contributed by atoms with Gasteiger partial charge in [-0.15, -0.1) is 0 Å². The van der Waals surface area contributed by atoms with Crippen LogP contribution in [0.15, 0.2) is 0 Å². The molecule has 0 aliphatic carbocycles. The smallest absolute Gasteiger partial charge is 0.309 e. The first-order valence-corrected chi connectivity index (χ1v) is 9.30. The third-order valence-corrected chi connectivity index (χ3v) is 5.73. The quantitative estimate of drug-likeness (QED) is 0.640. The summed E-state index contributed by atoms with van der Waals surface area (Å²) in [6, 6.07) is 0. The Balaban J connectivity index is 5.43.